The molecule has 6 nitrogen and oxygen atoms in total. The highest BCUT2D eigenvalue weighted by Crippen LogP contribution is 2.28. The summed E-state index contributed by atoms with van der Waals surface area (Å²) >= 11 is 0. The molecule has 1 aliphatic heterocycles. The van der Waals surface area contributed by atoms with E-state index in [1.165, 1.54) is 12.1 Å². The summed E-state index contributed by atoms with van der Waals surface area (Å²) in [6.45, 7) is 6.67. The minimum atomic E-state index is -0.275. The van der Waals surface area contributed by atoms with Crippen molar-refractivity contribution in [2.24, 2.45) is 0 Å². The molecule has 0 spiro atoms. The molecule has 1 N–H and O–H groups in total. The number of halogens is 1. The number of amides is 1. The zero-order chi connectivity index (χ0) is 24.5. The van der Waals surface area contributed by atoms with Crippen molar-refractivity contribution in [3.63, 3.8) is 0 Å². The second-order valence-corrected chi connectivity index (χ2v) is 8.39. The van der Waals surface area contributed by atoms with E-state index in [1.807, 2.05) is 51.1 Å². The lowest BCUT2D eigenvalue weighted by atomic mass is 10.0. The van der Waals surface area contributed by atoms with E-state index in [2.05, 4.69) is 9.97 Å². The first-order valence-electron chi connectivity index (χ1n) is 11.6. The Morgan fingerprint density at radius 2 is 1.82 bits per heavy atom. The summed E-state index contributed by atoms with van der Waals surface area (Å²) in [6, 6.07) is 18.0. The second kappa shape index (κ2) is 12.2. The molecule has 1 amide bonds. The van der Waals surface area contributed by atoms with Gasteiger partial charge in [-0.15, -0.1) is 0 Å². The summed E-state index contributed by atoms with van der Waals surface area (Å²) < 4.78 is 17.4. The Kier molecular flexibility index (Phi) is 9.10. The number of aliphatic hydroxyl groups excluding tert-OH is 1. The molecule has 7 heteroatoms. The van der Waals surface area contributed by atoms with Gasteiger partial charge >= 0.3 is 6.09 Å². The first-order chi connectivity index (χ1) is 16.4. The van der Waals surface area contributed by atoms with Crippen LogP contribution in [0.25, 0.3) is 11.3 Å². The fraction of sp³-hybridized carbons (Fsp3) is 0.370. The molecule has 2 unspecified atom stereocenters. The van der Waals surface area contributed by atoms with Crippen molar-refractivity contribution in [1.29, 1.82) is 0 Å². The van der Waals surface area contributed by atoms with Crippen LogP contribution in [-0.2, 0) is 4.74 Å². The number of aromatic nitrogens is 2. The molecule has 0 aliphatic carbocycles. The molecule has 0 radical (unpaired) electrons. The fourth-order valence-electron chi connectivity index (χ4n) is 3.91. The smallest absolute Gasteiger partial charge is 0.410 e. The Balaban J connectivity index is 0.000000396. The topological polar surface area (TPSA) is 75.6 Å². The molecule has 0 saturated carbocycles. The average molecular weight is 466 g/mol. The SMILES string of the molecule is Cc1cc(-c2ccc(C(C)N3CCC(CCCO)OC3=O)cc2)nc(C)n1.Fc1ccccc1. The number of hydrogen-bond donors (Lipinski definition) is 1. The van der Waals surface area contributed by atoms with E-state index in [-0.39, 0.29) is 30.7 Å². The minimum Gasteiger partial charge on any atom is -0.446 e. The summed E-state index contributed by atoms with van der Waals surface area (Å²) in [7, 11) is 0. The van der Waals surface area contributed by atoms with Crippen molar-refractivity contribution in [2.45, 2.75) is 52.2 Å². The van der Waals surface area contributed by atoms with Crippen molar-refractivity contribution in [1.82, 2.24) is 14.9 Å². The number of carbonyl (C=O) groups excluding carboxylic acids is 1. The quantitative estimate of drug-likeness (QED) is 0.511. The number of rotatable bonds is 6. The van der Waals surface area contributed by atoms with E-state index in [1.54, 1.807) is 23.1 Å². The highest BCUT2D eigenvalue weighted by molar-refractivity contribution is 5.69. The molecule has 1 aromatic heterocycles. The fourth-order valence-corrected chi connectivity index (χ4v) is 3.91. The predicted octanol–water partition coefficient (Wildman–Crippen LogP) is 5.63. The molecule has 34 heavy (non-hydrogen) atoms. The number of nitrogens with zero attached hydrogens (tertiary/aromatic N) is 3. The van der Waals surface area contributed by atoms with Crippen LogP contribution in [0.1, 0.15) is 49.3 Å². The molecular formula is C27H32FN3O3. The van der Waals surface area contributed by atoms with Gasteiger partial charge in [0.2, 0.25) is 0 Å². The van der Waals surface area contributed by atoms with Gasteiger partial charge in [0.25, 0.3) is 0 Å². The second-order valence-electron chi connectivity index (χ2n) is 8.39. The molecule has 0 bridgehead atoms. The summed E-state index contributed by atoms with van der Waals surface area (Å²) in [5.74, 6) is 0.580. The Hall–Kier alpha value is -3.32. The minimum absolute atomic E-state index is 0.0563. The average Bonchev–Trinajstić information content (AvgIpc) is 2.83. The molecule has 3 aromatic rings. The van der Waals surface area contributed by atoms with Crippen LogP contribution >= 0.6 is 0 Å². The number of carbonyl (C=O) groups is 1. The third-order valence-electron chi connectivity index (χ3n) is 5.73. The van der Waals surface area contributed by atoms with E-state index >= 15 is 0 Å². The van der Waals surface area contributed by atoms with Gasteiger partial charge in [0.15, 0.2) is 0 Å². The molecule has 2 aromatic carbocycles. The highest BCUT2D eigenvalue weighted by Gasteiger charge is 2.30. The molecule has 4 rings (SSSR count). The number of cyclic esters (lactones) is 1. The van der Waals surface area contributed by atoms with Gasteiger partial charge in [-0.3, -0.25) is 0 Å². The van der Waals surface area contributed by atoms with E-state index in [9.17, 15) is 9.18 Å². The molecule has 2 atom stereocenters. The van der Waals surface area contributed by atoms with Crippen molar-refractivity contribution in [3.8, 4) is 11.3 Å². The van der Waals surface area contributed by atoms with Crippen LogP contribution in [0, 0.1) is 19.7 Å². The highest BCUT2D eigenvalue weighted by atomic mass is 19.1. The first kappa shape index (κ1) is 25.3. The number of aryl methyl sites for hydroxylation is 2. The van der Waals surface area contributed by atoms with Crippen LogP contribution in [0.2, 0.25) is 0 Å². The summed E-state index contributed by atoms with van der Waals surface area (Å²) in [5, 5.41) is 8.93. The molecule has 1 fully saturated rings. The maximum absolute atomic E-state index is 12.4. The van der Waals surface area contributed by atoms with Crippen molar-refractivity contribution >= 4 is 6.09 Å². The van der Waals surface area contributed by atoms with Gasteiger partial charge in [-0.2, -0.15) is 0 Å². The van der Waals surface area contributed by atoms with Crippen molar-refractivity contribution < 1.29 is 19.0 Å². The monoisotopic (exact) mass is 465 g/mol. The number of ether oxygens (including phenoxy) is 1. The lowest BCUT2D eigenvalue weighted by Crippen LogP contribution is -2.43. The van der Waals surface area contributed by atoms with Gasteiger partial charge in [0.05, 0.1) is 11.7 Å². The van der Waals surface area contributed by atoms with Crippen LogP contribution in [0.3, 0.4) is 0 Å². The Morgan fingerprint density at radius 3 is 2.38 bits per heavy atom. The van der Waals surface area contributed by atoms with Gasteiger partial charge < -0.3 is 14.7 Å². The molecular weight excluding hydrogens is 433 g/mol. The Bertz CT molecular complexity index is 1040. The van der Waals surface area contributed by atoms with Crippen LogP contribution in [0.4, 0.5) is 9.18 Å². The van der Waals surface area contributed by atoms with Gasteiger partial charge in [0.1, 0.15) is 17.7 Å². The van der Waals surface area contributed by atoms with E-state index in [4.69, 9.17) is 9.84 Å². The zero-order valence-corrected chi connectivity index (χ0v) is 19.9. The normalized spacial score (nSPS) is 16.3. The molecule has 2 heterocycles. The predicted molar refractivity (Wildman–Crippen MR) is 130 cm³/mol. The lowest BCUT2D eigenvalue weighted by Gasteiger charge is -2.35. The lowest BCUT2D eigenvalue weighted by molar-refractivity contribution is 0.00760. The van der Waals surface area contributed by atoms with Crippen molar-refractivity contribution in [3.05, 3.63) is 83.6 Å². The number of hydrogen-bond acceptors (Lipinski definition) is 5. The van der Waals surface area contributed by atoms with Gasteiger partial charge in [-0.25, -0.2) is 19.2 Å². The third-order valence-corrected chi connectivity index (χ3v) is 5.73. The summed E-state index contributed by atoms with van der Waals surface area (Å²) in [4.78, 5) is 23.0. The van der Waals surface area contributed by atoms with Gasteiger partial charge in [-0.05, 0) is 57.4 Å². The van der Waals surface area contributed by atoms with Crippen LogP contribution in [0.5, 0.6) is 0 Å². The summed E-state index contributed by atoms with van der Waals surface area (Å²) in [6.07, 6.45) is 1.82. The number of benzene rings is 2. The van der Waals surface area contributed by atoms with Gasteiger partial charge in [0, 0.05) is 30.8 Å². The van der Waals surface area contributed by atoms with E-state index in [0.29, 0.717) is 13.0 Å². The van der Waals surface area contributed by atoms with E-state index in [0.717, 1.165) is 41.2 Å². The van der Waals surface area contributed by atoms with Crippen molar-refractivity contribution in [2.75, 3.05) is 13.2 Å². The molecule has 180 valence electrons. The summed E-state index contributed by atoms with van der Waals surface area (Å²) in [5.41, 5.74) is 3.95. The largest absolute Gasteiger partial charge is 0.446 e. The van der Waals surface area contributed by atoms with Crippen LogP contribution in [0.15, 0.2) is 60.7 Å². The maximum Gasteiger partial charge on any atom is 0.410 e. The Labute approximate surface area is 200 Å². The molecule has 1 aliphatic rings. The first-order valence-corrected chi connectivity index (χ1v) is 11.6. The zero-order valence-electron chi connectivity index (χ0n) is 19.9. The Morgan fingerprint density at radius 1 is 1.12 bits per heavy atom. The standard InChI is InChI=1S/C21H27N3O3.C6H5F/c1-14-13-20(23-16(3)22-14)18-8-6-17(7-9-18)15(2)24-11-10-19(5-4-12-25)27-21(24)26;7-6-4-2-1-3-5-6/h6-9,13,15,19,25H,4-5,10-12H2,1-3H3;1-5H. The number of aliphatic hydroxyl groups is 1. The third kappa shape index (κ3) is 7.09. The van der Waals surface area contributed by atoms with Crippen LogP contribution in [-0.4, -0.2) is 45.3 Å². The van der Waals surface area contributed by atoms with E-state index < -0.39 is 0 Å². The molecule has 1 saturated heterocycles. The maximum atomic E-state index is 12.4. The van der Waals surface area contributed by atoms with Crippen LogP contribution < -0.4 is 0 Å². The van der Waals surface area contributed by atoms with Gasteiger partial charge in [-0.1, -0.05) is 42.5 Å².